The van der Waals surface area contributed by atoms with E-state index in [0.717, 1.165) is 24.8 Å². The number of benzene rings is 1. The summed E-state index contributed by atoms with van der Waals surface area (Å²) < 4.78 is 12.2. The molecule has 1 aromatic carbocycles. The number of likely N-dealkylation sites (tertiary alicyclic amines) is 1. The number of hydrogen-bond acceptors (Lipinski definition) is 6. The van der Waals surface area contributed by atoms with Gasteiger partial charge in [0.15, 0.2) is 0 Å². The normalized spacial score (nSPS) is 33.0. The van der Waals surface area contributed by atoms with Crippen molar-refractivity contribution < 1.29 is 29.0 Å². The van der Waals surface area contributed by atoms with E-state index in [2.05, 4.69) is 6.92 Å². The number of hydrogen-bond donors (Lipinski definition) is 1. The number of rotatable bonds is 7. The van der Waals surface area contributed by atoms with Crippen LogP contribution in [0.4, 0.5) is 0 Å². The van der Waals surface area contributed by atoms with Crippen LogP contribution < -0.4 is 0 Å². The van der Waals surface area contributed by atoms with E-state index < -0.39 is 41.6 Å². The molecule has 37 heavy (non-hydrogen) atoms. The molecule has 5 rings (SSSR count). The molecule has 2 fully saturated rings. The Balaban J connectivity index is 1.59. The standard InChI is InChI=1S/C29H36N2O6/c1-2-3-15-30-16-10-14-29-24(23-22(37-29)13-8-5-9-17-36-28(23)35)26(33)31(25(29)27(30)34)21(19-32)18-20-11-6-4-7-12-20/h4,6-8,10-14,21-25,32H,2-3,5,9,15-19H2,1H3/b13-8-/t21-,22+,23-,24+,25?,29+/m1/s1. The van der Waals surface area contributed by atoms with Crippen molar-refractivity contribution in [2.75, 3.05) is 26.3 Å². The van der Waals surface area contributed by atoms with E-state index in [1.807, 2.05) is 54.6 Å². The van der Waals surface area contributed by atoms with Crippen molar-refractivity contribution in [3.8, 4) is 0 Å². The molecule has 1 N–H and O–H groups in total. The molecule has 0 aromatic heterocycles. The van der Waals surface area contributed by atoms with Crippen LogP contribution in [0.2, 0.25) is 0 Å². The van der Waals surface area contributed by atoms with Crippen molar-refractivity contribution in [3.63, 3.8) is 0 Å². The predicted molar refractivity (Wildman–Crippen MR) is 136 cm³/mol. The van der Waals surface area contributed by atoms with Gasteiger partial charge in [-0.25, -0.2) is 0 Å². The van der Waals surface area contributed by atoms with E-state index in [-0.39, 0.29) is 25.0 Å². The van der Waals surface area contributed by atoms with Crippen LogP contribution in [-0.2, 0) is 30.3 Å². The second kappa shape index (κ2) is 10.8. The van der Waals surface area contributed by atoms with E-state index >= 15 is 0 Å². The SMILES string of the molecule is CCCCN1CC=C[C@]23O[C@H]4/C=C\CCCOC(=O)[C@H]4[C@H]2C(=O)N([C@@H](CO)Cc2ccccc2)C3C1=O. The highest BCUT2D eigenvalue weighted by molar-refractivity contribution is 5.99. The number of carbonyl (C=O) groups excluding carboxylic acids is 3. The fourth-order valence-corrected chi connectivity index (χ4v) is 6.32. The number of aliphatic hydroxyl groups is 1. The molecule has 0 saturated carbocycles. The lowest BCUT2D eigenvalue weighted by Crippen LogP contribution is -2.58. The number of esters is 1. The zero-order chi connectivity index (χ0) is 26.0. The van der Waals surface area contributed by atoms with Gasteiger partial charge in [0.2, 0.25) is 11.8 Å². The van der Waals surface area contributed by atoms with Crippen molar-refractivity contribution in [1.82, 2.24) is 9.80 Å². The number of allylic oxidation sites excluding steroid dienone is 1. The van der Waals surface area contributed by atoms with Gasteiger partial charge in [-0.15, -0.1) is 0 Å². The molecule has 6 atom stereocenters. The summed E-state index contributed by atoms with van der Waals surface area (Å²) in [5.41, 5.74) is -0.361. The Kier molecular flexibility index (Phi) is 7.49. The van der Waals surface area contributed by atoms with Gasteiger partial charge in [-0.2, -0.15) is 0 Å². The summed E-state index contributed by atoms with van der Waals surface area (Å²) in [5.74, 6) is -2.78. The summed E-state index contributed by atoms with van der Waals surface area (Å²) in [5, 5.41) is 10.5. The second-order valence-electron chi connectivity index (χ2n) is 10.4. The average Bonchev–Trinajstić information content (AvgIpc) is 3.32. The maximum Gasteiger partial charge on any atom is 0.312 e. The van der Waals surface area contributed by atoms with Gasteiger partial charge >= 0.3 is 5.97 Å². The number of cyclic esters (lactones) is 1. The van der Waals surface area contributed by atoms with Crippen LogP contribution in [0.25, 0.3) is 0 Å². The first-order valence-corrected chi connectivity index (χ1v) is 13.5. The Labute approximate surface area is 217 Å². The summed E-state index contributed by atoms with van der Waals surface area (Å²) >= 11 is 0. The zero-order valence-corrected chi connectivity index (χ0v) is 21.3. The summed E-state index contributed by atoms with van der Waals surface area (Å²) in [6.45, 7) is 3.01. The molecule has 1 unspecified atom stereocenters. The minimum Gasteiger partial charge on any atom is -0.465 e. The van der Waals surface area contributed by atoms with E-state index in [0.29, 0.717) is 25.9 Å². The molecule has 4 heterocycles. The highest BCUT2D eigenvalue weighted by Gasteiger charge is 2.72. The highest BCUT2D eigenvalue weighted by atomic mass is 16.6. The van der Waals surface area contributed by atoms with E-state index in [1.165, 1.54) is 4.90 Å². The maximum atomic E-state index is 14.3. The summed E-state index contributed by atoms with van der Waals surface area (Å²) in [7, 11) is 0. The van der Waals surface area contributed by atoms with Crippen molar-refractivity contribution in [2.45, 2.75) is 62.8 Å². The van der Waals surface area contributed by atoms with Crippen LogP contribution in [-0.4, -0.2) is 82.8 Å². The highest BCUT2D eigenvalue weighted by Crippen LogP contribution is 2.53. The number of amides is 2. The molecule has 198 valence electrons. The lowest BCUT2D eigenvalue weighted by atomic mass is 9.78. The first kappa shape index (κ1) is 25.7. The molecule has 0 aliphatic carbocycles. The molecule has 1 aromatic rings. The van der Waals surface area contributed by atoms with Gasteiger partial charge < -0.3 is 24.4 Å². The molecule has 4 aliphatic rings. The fraction of sp³-hybridized carbons (Fsp3) is 0.552. The number of carbonyl (C=O) groups is 3. The average molecular weight is 509 g/mol. The van der Waals surface area contributed by atoms with Gasteiger partial charge in [-0.05, 0) is 31.2 Å². The van der Waals surface area contributed by atoms with Crippen LogP contribution >= 0.6 is 0 Å². The van der Waals surface area contributed by atoms with Gasteiger partial charge in [-0.1, -0.05) is 68.0 Å². The van der Waals surface area contributed by atoms with Crippen LogP contribution in [0.15, 0.2) is 54.6 Å². The second-order valence-corrected chi connectivity index (χ2v) is 10.4. The van der Waals surface area contributed by atoms with Gasteiger partial charge in [-0.3, -0.25) is 14.4 Å². The Morgan fingerprint density at radius 1 is 1.14 bits per heavy atom. The smallest absolute Gasteiger partial charge is 0.312 e. The van der Waals surface area contributed by atoms with Gasteiger partial charge in [0.1, 0.15) is 17.6 Å². The molecule has 8 nitrogen and oxygen atoms in total. The first-order valence-electron chi connectivity index (χ1n) is 13.5. The van der Waals surface area contributed by atoms with E-state index in [9.17, 15) is 19.5 Å². The first-order chi connectivity index (χ1) is 18.0. The molecular formula is C29H36N2O6. The maximum absolute atomic E-state index is 14.3. The summed E-state index contributed by atoms with van der Waals surface area (Å²) in [4.78, 5) is 45.1. The van der Waals surface area contributed by atoms with Crippen LogP contribution in [0.5, 0.6) is 0 Å². The Morgan fingerprint density at radius 3 is 2.70 bits per heavy atom. The zero-order valence-electron chi connectivity index (χ0n) is 21.3. The van der Waals surface area contributed by atoms with Crippen LogP contribution in [0.3, 0.4) is 0 Å². The minimum atomic E-state index is -1.31. The molecule has 4 aliphatic heterocycles. The van der Waals surface area contributed by atoms with E-state index in [1.54, 1.807) is 4.90 Å². The molecular weight excluding hydrogens is 472 g/mol. The number of fused-ring (bicyclic) bond motifs is 2. The van der Waals surface area contributed by atoms with Gasteiger partial charge in [0.05, 0.1) is 31.3 Å². The summed E-state index contributed by atoms with van der Waals surface area (Å²) in [6, 6.07) is 7.99. The Bertz CT molecular complexity index is 1070. The third kappa shape index (κ3) is 4.50. The minimum absolute atomic E-state index is 0.204. The Hall–Kier alpha value is -2.97. The predicted octanol–water partition coefficient (Wildman–Crippen LogP) is 2.26. The van der Waals surface area contributed by atoms with Crippen LogP contribution in [0.1, 0.15) is 38.2 Å². The molecule has 8 heteroatoms. The van der Waals surface area contributed by atoms with Crippen molar-refractivity contribution in [3.05, 3.63) is 60.2 Å². The number of aliphatic hydroxyl groups excluding tert-OH is 1. The monoisotopic (exact) mass is 508 g/mol. The number of unbranched alkanes of at least 4 members (excludes halogenated alkanes) is 1. The number of ether oxygens (including phenoxy) is 2. The lowest BCUT2D eigenvalue weighted by Gasteiger charge is -2.38. The topological polar surface area (TPSA) is 96.4 Å². The fourth-order valence-electron chi connectivity index (χ4n) is 6.32. The quantitative estimate of drug-likeness (QED) is 0.448. The molecule has 0 radical (unpaired) electrons. The third-order valence-electron chi connectivity index (χ3n) is 8.07. The van der Waals surface area contributed by atoms with Crippen molar-refractivity contribution in [1.29, 1.82) is 0 Å². The summed E-state index contributed by atoms with van der Waals surface area (Å²) in [6.07, 6.45) is 10.5. The van der Waals surface area contributed by atoms with Crippen LogP contribution in [0, 0.1) is 11.8 Å². The largest absolute Gasteiger partial charge is 0.465 e. The Morgan fingerprint density at radius 2 is 1.95 bits per heavy atom. The molecule has 0 bridgehead atoms. The molecule has 1 spiro atoms. The third-order valence-corrected chi connectivity index (χ3v) is 8.07. The van der Waals surface area contributed by atoms with E-state index in [4.69, 9.17) is 9.47 Å². The molecule has 2 saturated heterocycles. The molecule has 2 amide bonds. The van der Waals surface area contributed by atoms with Crippen molar-refractivity contribution in [2.24, 2.45) is 11.8 Å². The van der Waals surface area contributed by atoms with Crippen molar-refractivity contribution >= 4 is 17.8 Å². The van der Waals surface area contributed by atoms with Gasteiger partial charge in [0.25, 0.3) is 0 Å². The lowest BCUT2D eigenvalue weighted by molar-refractivity contribution is -0.156. The number of nitrogens with zero attached hydrogens (tertiary/aromatic N) is 2. The van der Waals surface area contributed by atoms with Gasteiger partial charge in [0, 0.05) is 13.1 Å².